The minimum Gasteiger partial charge on any atom is -0.380 e. The molecule has 0 saturated heterocycles. The third-order valence-corrected chi connectivity index (χ3v) is 3.44. The number of benzene rings is 2. The van der Waals surface area contributed by atoms with Gasteiger partial charge in [0.2, 0.25) is 5.91 Å². The van der Waals surface area contributed by atoms with Gasteiger partial charge < -0.3 is 15.0 Å². The summed E-state index contributed by atoms with van der Waals surface area (Å²) in [6.45, 7) is 1.23. The fourth-order valence-electron chi connectivity index (χ4n) is 2.25. The smallest absolute Gasteiger partial charge is 0.239 e. The number of likely N-dealkylation sites (N-methyl/N-ethyl adjacent to an activating group) is 1. The molecular weight excluding hydrogens is 295 g/mol. The number of amides is 1. The summed E-state index contributed by atoms with van der Waals surface area (Å²) in [7, 11) is 3.45. The fourth-order valence-corrected chi connectivity index (χ4v) is 2.25. The summed E-state index contributed by atoms with van der Waals surface area (Å²) in [4.78, 5) is 13.8. The molecule has 2 aromatic carbocycles. The van der Waals surface area contributed by atoms with Gasteiger partial charge in [-0.25, -0.2) is 4.39 Å². The van der Waals surface area contributed by atoms with E-state index in [1.54, 1.807) is 31.2 Å². The van der Waals surface area contributed by atoms with Crippen molar-refractivity contribution in [2.45, 2.75) is 13.2 Å². The molecule has 0 heterocycles. The molecule has 0 aliphatic heterocycles. The third kappa shape index (κ3) is 5.38. The molecule has 4 nitrogen and oxygen atoms in total. The summed E-state index contributed by atoms with van der Waals surface area (Å²) in [6.07, 6.45) is 0. The van der Waals surface area contributed by atoms with Crippen LogP contribution in [-0.4, -0.2) is 26.6 Å². The number of nitrogens with zero attached hydrogens (tertiary/aromatic N) is 1. The predicted octanol–water partition coefficient (Wildman–Crippen LogP) is 2.72. The number of anilines is 1. The number of hydrogen-bond donors (Lipinski definition) is 1. The molecule has 0 aromatic heterocycles. The molecule has 5 heteroatoms. The summed E-state index contributed by atoms with van der Waals surface area (Å²) in [5.41, 5.74) is 2.89. The van der Waals surface area contributed by atoms with Crippen molar-refractivity contribution in [2.24, 2.45) is 0 Å². The zero-order chi connectivity index (χ0) is 16.7. The Morgan fingerprint density at radius 3 is 2.57 bits per heavy atom. The lowest BCUT2D eigenvalue weighted by Crippen LogP contribution is -2.34. The zero-order valence-electron chi connectivity index (χ0n) is 13.4. The maximum Gasteiger partial charge on any atom is 0.239 e. The molecule has 0 atom stereocenters. The molecule has 1 N–H and O–H groups in total. The van der Waals surface area contributed by atoms with Gasteiger partial charge in [0.15, 0.2) is 0 Å². The van der Waals surface area contributed by atoms with Crippen LogP contribution in [0, 0.1) is 5.82 Å². The molecule has 1 amide bonds. The molecule has 0 saturated carbocycles. The van der Waals surface area contributed by atoms with Crippen LogP contribution in [0.15, 0.2) is 48.5 Å². The molecule has 0 bridgehead atoms. The number of rotatable bonds is 7. The van der Waals surface area contributed by atoms with Crippen molar-refractivity contribution in [3.05, 3.63) is 65.5 Å². The lowest BCUT2D eigenvalue weighted by molar-refractivity contribution is -0.119. The van der Waals surface area contributed by atoms with Crippen molar-refractivity contribution in [1.29, 1.82) is 0 Å². The van der Waals surface area contributed by atoms with Crippen LogP contribution in [0.5, 0.6) is 0 Å². The molecule has 0 aliphatic carbocycles. The number of methoxy groups -OCH3 is 1. The van der Waals surface area contributed by atoms with Gasteiger partial charge in [0.1, 0.15) is 5.82 Å². The Kier molecular flexibility index (Phi) is 6.11. The van der Waals surface area contributed by atoms with Gasteiger partial charge in [0, 0.05) is 26.4 Å². The Morgan fingerprint density at radius 1 is 1.17 bits per heavy atom. The zero-order valence-corrected chi connectivity index (χ0v) is 13.4. The van der Waals surface area contributed by atoms with E-state index in [4.69, 9.17) is 4.74 Å². The van der Waals surface area contributed by atoms with Gasteiger partial charge in [-0.2, -0.15) is 0 Å². The van der Waals surface area contributed by atoms with Gasteiger partial charge in [-0.3, -0.25) is 4.79 Å². The highest BCUT2D eigenvalue weighted by Gasteiger charge is 2.07. The highest BCUT2D eigenvalue weighted by Crippen LogP contribution is 2.12. The normalized spacial score (nSPS) is 10.4. The maximum absolute atomic E-state index is 12.9. The molecule has 122 valence electrons. The first-order valence-corrected chi connectivity index (χ1v) is 7.38. The maximum atomic E-state index is 12.9. The minimum atomic E-state index is -0.289. The monoisotopic (exact) mass is 316 g/mol. The molecule has 0 spiro atoms. The Bertz CT molecular complexity index is 644. The van der Waals surface area contributed by atoms with E-state index in [1.165, 1.54) is 12.1 Å². The first kappa shape index (κ1) is 17.0. The van der Waals surface area contributed by atoms with Crippen LogP contribution < -0.4 is 10.2 Å². The molecular formula is C18H21FN2O2. The number of carbonyl (C=O) groups is 1. The van der Waals surface area contributed by atoms with E-state index in [9.17, 15) is 9.18 Å². The van der Waals surface area contributed by atoms with E-state index in [0.717, 1.165) is 16.8 Å². The van der Waals surface area contributed by atoms with Gasteiger partial charge >= 0.3 is 0 Å². The Balaban J connectivity index is 1.85. The fraction of sp³-hybridized carbons (Fsp3) is 0.278. The summed E-state index contributed by atoms with van der Waals surface area (Å²) in [5, 5.41) is 2.88. The Labute approximate surface area is 135 Å². The summed E-state index contributed by atoms with van der Waals surface area (Å²) in [5.74, 6) is -0.378. The van der Waals surface area contributed by atoms with E-state index in [2.05, 4.69) is 5.32 Å². The second kappa shape index (κ2) is 8.29. The number of ether oxygens (including phenoxy) is 1. The molecule has 0 unspecified atom stereocenters. The summed E-state index contributed by atoms with van der Waals surface area (Å²) in [6, 6.07) is 14.0. The lowest BCUT2D eigenvalue weighted by Gasteiger charge is -2.18. The average Bonchev–Trinajstić information content (AvgIpc) is 2.54. The number of carbonyl (C=O) groups excluding carboxylic acids is 1. The topological polar surface area (TPSA) is 41.6 Å². The van der Waals surface area contributed by atoms with Crippen molar-refractivity contribution >= 4 is 11.6 Å². The van der Waals surface area contributed by atoms with E-state index < -0.39 is 0 Å². The Morgan fingerprint density at radius 2 is 1.87 bits per heavy atom. The van der Waals surface area contributed by atoms with Crippen molar-refractivity contribution in [1.82, 2.24) is 5.32 Å². The van der Waals surface area contributed by atoms with E-state index in [0.29, 0.717) is 13.2 Å². The molecule has 23 heavy (non-hydrogen) atoms. The van der Waals surface area contributed by atoms with E-state index in [1.807, 2.05) is 24.3 Å². The lowest BCUT2D eigenvalue weighted by atomic mass is 10.1. The van der Waals surface area contributed by atoms with Crippen LogP contribution in [0.25, 0.3) is 0 Å². The first-order valence-electron chi connectivity index (χ1n) is 7.38. The van der Waals surface area contributed by atoms with Crippen molar-refractivity contribution < 1.29 is 13.9 Å². The quantitative estimate of drug-likeness (QED) is 0.854. The number of nitrogens with one attached hydrogen (secondary N) is 1. The van der Waals surface area contributed by atoms with Crippen LogP contribution in [0.3, 0.4) is 0 Å². The highest BCUT2D eigenvalue weighted by molar-refractivity contribution is 5.81. The molecule has 2 rings (SSSR count). The largest absolute Gasteiger partial charge is 0.380 e. The van der Waals surface area contributed by atoms with E-state index >= 15 is 0 Å². The van der Waals surface area contributed by atoms with Crippen LogP contribution >= 0.6 is 0 Å². The minimum absolute atomic E-state index is 0.0889. The second-order valence-electron chi connectivity index (χ2n) is 5.36. The molecule has 0 radical (unpaired) electrons. The highest BCUT2D eigenvalue weighted by atomic mass is 19.1. The second-order valence-corrected chi connectivity index (χ2v) is 5.36. The van der Waals surface area contributed by atoms with Gasteiger partial charge in [0.25, 0.3) is 0 Å². The van der Waals surface area contributed by atoms with Gasteiger partial charge in [-0.05, 0) is 35.4 Å². The van der Waals surface area contributed by atoms with Crippen molar-refractivity contribution in [3.63, 3.8) is 0 Å². The molecule has 2 aromatic rings. The van der Waals surface area contributed by atoms with Crippen LogP contribution in [0.4, 0.5) is 10.1 Å². The van der Waals surface area contributed by atoms with Gasteiger partial charge in [-0.15, -0.1) is 0 Å². The van der Waals surface area contributed by atoms with Crippen molar-refractivity contribution in [3.8, 4) is 0 Å². The van der Waals surface area contributed by atoms with Crippen LogP contribution in [0.2, 0.25) is 0 Å². The predicted molar refractivity (Wildman–Crippen MR) is 88.7 cm³/mol. The van der Waals surface area contributed by atoms with Gasteiger partial charge in [0.05, 0.1) is 13.2 Å². The van der Waals surface area contributed by atoms with Crippen molar-refractivity contribution in [2.75, 3.05) is 25.6 Å². The summed E-state index contributed by atoms with van der Waals surface area (Å²) < 4.78 is 18.0. The SMILES string of the molecule is COCc1cccc(CNC(=O)CN(C)c2ccc(F)cc2)c1. The Hall–Kier alpha value is -2.40. The van der Waals surface area contributed by atoms with Gasteiger partial charge in [-0.1, -0.05) is 24.3 Å². The number of halogens is 1. The van der Waals surface area contributed by atoms with E-state index in [-0.39, 0.29) is 18.3 Å². The first-order chi connectivity index (χ1) is 11.1. The molecule has 0 aliphatic rings. The summed E-state index contributed by atoms with van der Waals surface area (Å²) >= 11 is 0. The molecule has 0 fully saturated rings. The standard InChI is InChI=1S/C18H21FN2O2/c1-21(17-8-6-16(19)7-9-17)12-18(22)20-11-14-4-3-5-15(10-14)13-23-2/h3-10H,11-13H2,1-2H3,(H,20,22). The van der Waals surface area contributed by atoms with Crippen LogP contribution in [0.1, 0.15) is 11.1 Å². The average molecular weight is 316 g/mol. The van der Waals surface area contributed by atoms with Crippen LogP contribution in [-0.2, 0) is 22.7 Å². The number of hydrogen-bond acceptors (Lipinski definition) is 3. The third-order valence-electron chi connectivity index (χ3n) is 3.44.